The Morgan fingerprint density at radius 3 is 2.62 bits per heavy atom. The number of rotatable bonds is 3. The SMILES string of the molecule is CCO[C@@H]1C[C@H](NC(C)=O)C12CCCCC2. The van der Waals surface area contributed by atoms with Gasteiger partial charge < -0.3 is 10.1 Å². The lowest BCUT2D eigenvalue weighted by molar-refractivity contribution is -0.156. The summed E-state index contributed by atoms with van der Waals surface area (Å²) < 4.78 is 5.83. The molecule has 16 heavy (non-hydrogen) atoms. The zero-order chi connectivity index (χ0) is 11.6. The van der Waals surface area contributed by atoms with Gasteiger partial charge in [-0.15, -0.1) is 0 Å². The van der Waals surface area contributed by atoms with Crippen LogP contribution in [0.2, 0.25) is 0 Å². The quantitative estimate of drug-likeness (QED) is 0.800. The average Bonchev–Trinajstić information content (AvgIpc) is 2.28. The third kappa shape index (κ3) is 1.97. The van der Waals surface area contributed by atoms with Crippen molar-refractivity contribution < 1.29 is 9.53 Å². The largest absolute Gasteiger partial charge is 0.378 e. The average molecular weight is 225 g/mol. The van der Waals surface area contributed by atoms with E-state index in [9.17, 15) is 4.79 Å². The summed E-state index contributed by atoms with van der Waals surface area (Å²) in [5.74, 6) is 0.102. The number of hydrogen-bond donors (Lipinski definition) is 1. The number of nitrogens with one attached hydrogen (secondary N) is 1. The molecule has 1 amide bonds. The minimum atomic E-state index is 0.102. The Morgan fingerprint density at radius 1 is 1.38 bits per heavy atom. The van der Waals surface area contributed by atoms with Crippen LogP contribution in [0.15, 0.2) is 0 Å². The van der Waals surface area contributed by atoms with Gasteiger partial charge in [0.25, 0.3) is 0 Å². The maximum atomic E-state index is 11.2. The highest BCUT2D eigenvalue weighted by atomic mass is 16.5. The van der Waals surface area contributed by atoms with Crippen molar-refractivity contribution in [3.63, 3.8) is 0 Å². The summed E-state index contributed by atoms with van der Waals surface area (Å²) in [4.78, 5) is 11.2. The van der Waals surface area contributed by atoms with E-state index in [0.717, 1.165) is 13.0 Å². The van der Waals surface area contributed by atoms with Gasteiger partial charge in [0.05, 0.1) is 6.10 Å². The third-order valence-electron chi connectivity index (χ3n) is 4.31. The first-order chi connectivity index (χ1) is 7.69. The van der Waals surface area contributed by atoms with E-state index in [1.54, 1.807) is 6.92 Å². The zero-order valence-electron chi connectivity index (χ0n) is 10.4. The Kier molecular flexibility index (Phi) is 3.53. The molecule has 0 bridgehead atoms. The summed E-state index contributed by atoms with van der Waals surface area (Å²) in [5, 5.41) is 3.11. The second-order valence-corrected chi connectivity index (χ2v) is 5.23. The molecule has 0 saturated heterocycles. The van der Waals surface area contributed by atoms with Crippen LogP contribution >= 0.6 is 0 Å². The predicted octanol–water partition coefficient (Wildman–Crippen LogP) is 2.25. The maximum Gasteiger partial charge on any atom is 0.217 e. The Morgan fingerprint density at radius 2 is 2.06 bits per heavy atom. The van der Waals surface area contributed by atoms with Gasteiger partial charge in [0.1, 0.15) is 0 Å². The normalized spacial score (nSPS) is 32.1. The van der Waals surface area contributed by atoms with Crippen LogP contribution < -0.4 is 5.32 Å². The molecule has 0 aliphatic heterocycles. The fourth-order valence-electron chi connectivity index (χ4n) is 3.51. The second kappa shape index (κ2) is 4.74. The lowest BCUT2D eigenvalue weighted by atomic mass is 9.55. The molecule has 92 valence electrons. The molecule has 2 aliphatic rings. The first-order valence-electron chi connectivity index (χ1n) is 6.58. The zero-order valence-corrected chi connectivity index (χ0v) is 10.4. The fraction of sp³-hybridized carbons (Fsp3) is 0.923. The van der Waals surface area contributed by atoms with Crippen LogP contribution in [0.4, 0.5) is 0 Å². The van der Waals surface area contributed by atoms with E-state index < -0.39 is 0 Å². The third-order valence-corrected chi connectivity index (χ3v) is 4.31. The van der Waals surface area contributed by atoms with Gasteiger partial charge in [-0.3, -0.25) is 4.79 Å². The van der Waals surface area contributed by atoms with Crippen molar-refractivity contribution >= 4 is 5.91 Å². The highest BCUT2D eigenvalue weighted by Gasteiger charge is 2.55. The molecule has 2 rings (SSSR count). The Balaban J connectivity index is 2.02. The van der Waals surface area contributed by atoms with Crippen LogP contribution in [0, 0.1) is 5.41 Å². The Bertz CT molecular complexity index is 259. The second-order valence-electron chi connectivity index (χ2n) is 5.23. The topological polar surface area (TPSA) is 38.3 Å². The summed E-state index contributed by atoms with van der Waals surface area (Å²) in [6, 6.07) is 0.363. The molecular formula is C13H23NO2. The van der Waals surface area contributed by atoms with Gasteiger partial charge in [-0.1, -0.05) is 19.3 Å². The molecule has 0 aromatic rings. The van der Waals surface area contributed by atoms with Gasteiger partial charge in [0, 0.05) is 25.0 Å². The van der Waals surface area contributed by atoms with Crippen LogP contribution in [-0.4, -0.2) is 24.7 Å². The molecule has 0 radical (unpaired) electrons. The molecule has 0 unspecified atom stereocenters. The van der Waals surface area contributed by atoms with Crippen molar-refractivity contribution in [3.05, 3.63) is 0 Å². The van der Waals surface area contributed by atoms with Gasteiger partial charge in [-0.2, -0.15) is 0 Å². The minimum Gasteiger partial charge on any atom is -0.378 e. The van der Waals surface area contributed by atoms with E-state index in [-0.39, 0.29) is 11.3 Å². The van der Waals surface area contributed by atoms with Gasteiger partial charge in [0.2, 0.25) is 5.91 Å². The first-order valence-corrected chi connectivity index (χ1v) is 6.58. The summed E-state index contributed by atoms with van der Waals surface area (Å²) in [6.07, 6.45) is 7.76. The van der Waals surface area contributed by atoms with Gasteiger partial charge in [0.15, 0.2) is 0 Å². The molecule has 0 heterocycles. The summed E-state index contributed by atoms with van der Waals surface area (Å²) in [6.45, 7) is 4.46. The highest BCUT2D eigenvalue weighted by Crippen LogP contribution is 2.53. The first kappa shape index (κ1) is 11.9. The number of ether oxygens (including phenoxy) is 1. The van der Waals surface area contributed by atoms with Crippen molar-refractivity contribution in [1.29, 1.82) is 0 Å². The van der Waals surface area contributed by atoms with Crippen molar-refractivity contribution in [3.8, 4) is 0 Å². The van der Waals surface area contributed by atoms with E-state index in [2.05, 4.69) is 12.2 Å². The standard InChI is InChI=1S/C13H23NO2/c1-3-16-12-9-11(14-10(2)15)13(12)7-5-4-6-8-13/h11-12H,3-9H2,1-2H3,(H,14,15)/t11-,12+/m0/s1. The van der Waals surface area contributed by atoms with Crippen LogP contribution in [0.25, 0.3) is 0 Å². The Hall–Kier alpha value is -0.570. The van der Waals surface area contributed by atoms with Crippen molar-refractivity contribution in [2.75, 3.05) is 6.61 Å². The molecule has 2 aliphatic carbocycles. The van der Waals surface area contributed by atoms with E-state index >= 15 is 0 Å². The van der Waals surface area contributed by atoms with Crippen LogP contribution in [-0.2, 0) is 9.53 Å². The number of carbonyl (C=O) groups is 1. The molecule has 0 aromatic carbocycles. The van der Waals surface area contributed by atoms with Crippen LogP contribution in [0.3, 0.4) is 0 Å². The molecule has 1 spiro atoms. The van der Waals surface area contributed by atoms with Crippen LogP contribution in [0.1, 0.15) is 52.4 Å². The molecular weight excluding hydrogens is 202 g/mol. The molecule has 2 saturated carbocycles. The highest BCUT2D eigenvalue weighted by molar-refractivity contribution is 5.73. The Labute approximate surface area is 97.9 Å². The molecule has 3 heteroatoms. The summed E-state index contributed by atoms with van der Waals surface area (Å²) in [5.41, 5.74) is 0.264. The molecule has 2 atom stereocenters. The van der Waals surface area contributed by atoms with E-state index in [0.29, 0.717) is 12.1 Å². The lowest BCUT2D eigenvalue weighted by Crippen LogP contribution is -2.65. The monoisotopic (exact) mass is 225 g/mol. The molecule has 3 nitrogen and oxygen atoms in total. The van der Waals surface area contributed by atoms with Gasteiger partial charge in [-0.25, -0.2) is 0 Å². The van der Waals surface area contributed by atoms with E-state index in [1.807, 2.05) is 0 Å². The number of hydrogen-bond acceptors (Lipinski definition) is 2. The lowest BCUT2D eigenvalue weighted by Gasteiger charge is -2.57. The minimum absolute atomic E-state index is 0.102. The number of amides is 1. The van der Waals surface area contributed by atoms with Crippen molar-refractivity contribution in [2.24, 2.45) is 5.41 Å². The fourth-order valence-corrected chi connectivity index (χ4v) is 3.51. The van der Waals surface area contributed by atoms with Crippen molar-refractivity contribution in [1.82, 2.24) is 5.32 Å². The van der Waals surface area contributed by atoms with Gasteiger partial charge >= 0.3 is 0 Å². The van der Waals surface area contributed by atoms with Gasteiger partial charge in [-0.05, 0) is 26.2 Å². The van der Waals surface area contributed by atoms with Crippen LogP contribution in [0.5, 0.6) is 0 Å². The van der Waals surface area contributed by atoms with E-state index in [4.69, 9.17) is 4.74 Å². The molecule has 2 fully saturated rings. The summed E-state index contributed by atoms with van der Waals surface area (Å²) >= 11 is 0. The van der Waals surface area contributed by atoms with Crippen molar-refractivity contribution in [2.45, 2.75) is 64.5 Å². The molecule has 0 aromatic heterocycles. The van der Waals surface area contributed by atoms with E-state index in [1.165, 1.54) is 32.1 Å². The summed E-state index contributed by atoms with van der Waals surface area (Å²) in [7, 11) is 0. The maximum absolute atomic E-state index is 11.2. The smallest absolute Gasteiger partial charge is 0.217 e. The number of carbonyl (C=O) groups excluding carboxylic acids is 1. The molecule has 1 N–H and O–H groups in total. The predicted molar refractivity (Wildman–Crippen MR) is 63.2 cm³/mol.